The summed E-state index contributed by atoms with van der Waals surface area (Å²) in [7, 11) is 1.57. The molecule has 0 amide bonds. The molecule has 94 valence electrons. The van der Waals surface area contributed by atoms with Crippen molar-refractivity contribution >= 4 is 17.6 Å². The third-order valence-electron chi connectivity index (χ3n) is 2.28. The highest BCUT2D eigenvalue weighted by molar-refractivity contribution is 6.31. The Kier molecular flexibility index (Phi) is 5.25. The van der Waals surface area contributed by atoms with Crippen LogP contribution in [0, 0.1) is 6.92 Å². The zero-order valence-corrected chi connectivity index (χ0v) is 10.6. The molecule has 0 aromatic heterocycles. The molecule has 0 saturated carbocycles. The van der Waals surface area contributed by atoms with Gasteiger partial charge in [-0.2, -0.15) is 0 Å². The topological polar surface area (TPSA) is 55.8 Å². The van der Waals surface area contributed by atoms with Crippen LogP contribution in [0.5, 0.6) is 5.75 Å². The van der Waals surface area contributed by atoms with Crippen molar-refractivity contribution in [1.29, 1.82) is 0 Å². The van der Waals surface area contributed by atoms with Crippen LogP contribution in [-0.4, -0.2) is 24.8 Å². The molecule has 1 N–H and O–H groups in total. The van der Waals surface area contributed by atoms with Crippen LogP contribution >= 0.6 is 11.6 Å². The van der Waals surface area contributed by atoms with Crippen molar-refractivity contribution in [3.63, 3.8) is 0 Å². The lowest BCUT2D eigenvalue weighted by Gasteiger charge is -2.11. The summed E-state index contributed by atoms with van der Waals surface area (Å²) in [5, 5.41) is 9.11. The van der Waals surface area contributed by atoms with E-state index >= 15 is 0 Å². The maximum absolute atomic E-state index is 10.3. The highest BCUT2D eigenvalue weighted by atomic mass is 35.5. The minimum Gasteiger partial charge on any atom is -0.496 e. The number of aryl methyl sites for hydroxylation is 1. The first-order valence-corrected chi connectivity index (χ1v) is 5.55. The summed E-state index contributed by atoms with van der Waals surface area (Å²) < 4.78 is 10.5. The Bertz CT molecular complexity index is 404. The van der Waals surface area contributed by atoms with Gasteiger partial charge in [-0.05, 0) is 24.6 Å². The van der Waals surface area contributed by atoms with Crippen LogP contribution in [0.3, 0.4) is 0 Å². The van der Waals surface area contributed by atoms with Gasteiger partial charge in [0.25, 0.3) is 0 Å². The second kappa shape index (κ2) is 6.47. The standard InChI is InChI=1S/C12H15ClO4/c1-8-5-11(16-2)9(6-10(8)13)7-17-4-3-12(14)15/h5-6H,3-4,7H2,1-2H3,(H,14,15). The monoisotopic (exact) mass is 258 g/mol. The third kappa shape index (κ3) is 4.24. The van der Waals surface area contributed by atoms with E-state index in [4.69, 9.17) is 26.2 Å². The lowest BCUT2D eigenvalue weighted by atomic mass is 10.1. The maximum atomic E-state index is 10.3. The average Bonchev–Trinajstić information content (AvgIpc) is 2.28. The fourth-order valence-electron chi connectivity index (χ4n) is 1.34. The molecule has 0 aliphatic rings. The number of halogens is 1. The van der Waals surface area contributed by atoms with E-state index in [-0.39, 0.29) is 19.6 Å². The first-order valence-electron chi connectivity index (χ1n) is 5.17. The van der Waals surface area contributed by atoms with Gasteiger partial charge in [-0.25, -0.2) is 0 Å². The summed E-state index contributed by atoms with van der Waals surface area (Å²) in [5.74, 6) is -0.180. The van der Waals surface area contributed by atoms with Gasteiger partial charge in [0.15, 0.2) is 0 Å². The smallest absolute Gasteiger partial charge is 0.305 e. The highest BCUT2D eigenvalue weighted by Gasteiger charge is 2.07. The number of ether oxygens (including phenoxy) is 2. The summed E-state index contributed by atoms with van der Waals surface area (Å²) >= 11 is 6.00. The number of aliphatic carboxylic acids is 1. The second-order valence-electron chi connectivity index (χ2n) is 3.61. The van der Waals surface area contributed by atoms with Crippen molar-refractivity contribution < 1.29 is 19.4 Å². The molecule has 17 heavy (non-hydrogen) atoms. The Morgan fingerprint density at radius 2 is 2.18 bits per heavy atom. The van der Waals surface area contributed by atoms with Crippen LogP contribution in [0.15, 0.2) is 12.1 Å². The van der Waals surface area contributed by atoms with Crippen LogP contribution in [0.1, 0.15) is 17.5 Å². The Morgan fingerprint density at radius 3 is 2.76 bits per heavy atom. The fraction of sp³-hybridized carbons (Fsp3) is 0.417. The summed E-state index contributed by atoms with van der Waals surface area (Å²) in [6.45, 7) is 2.35. The van der Waals surface area contributed by atoms with E-state index in [9.17, 15) is 4.79 Å². The van der Waals surface area contributed by atoms with Crippen LogP contribution in [0.2, 0.25) is 5.02 Å². The molecular formula is C12H15ClO4. The summed E-state index contributed by atoms with van der Waals surface area (Å²) in [5.41, 5.74) is 1.74. The predicted molar refractivity (Wildman–Crippen MR) is 64.6 cm³/mol. The van der Waals surface area contributed by atoms with E-state index in [0.29, 0.717) is 10.8 Å². The van der Waals surface area contributed by atoms with E-state index < -0.39 is 5.97 Å². The molecule has 1 rings (SSSR count). The number of carbonyl (C=O) groups is 1. The van der Waals surface area contributed by atoms with Gasteiger partial charge < -0.3 is 14.6 Å². The summed E-state index contributed by atoms with van der Waals surface area (Å²) in [6.07, 6.45) is -0.0120. The highest BCUT2D eigenvalue weighted by Crippen LogP contribution is 2.27. The summed E-state index contributed by atoms with van der Waals surface area (Å²) in [6, 6.07) is 3.61. The molecule has 4 nitrogen and oxygen atoms in total. The first-order chi connectivity index (χ1) is 8.04. The van der Waals surface area contributed by atoms with Gasteiger partial charge >= 0.3 is 5.97 Å². The van der Waals surface area contributed by atoms with Gasteiger partial charge in [-0.15, -0.1) is 0 Å². The van der Waals surface area contributed by atoms with Crippen molar-refractivity contribution in [1.82, 2.24) is 0 Å². The zero-order chi connectivity index (χ0) is 12.8. The van der Waals surface area contributed by atoms with Gasteiger partial charge in [-0.3, -0.25) is 4.79 Å². The molecule has 0 bridgehead atoms. The molecule has 0 atom stereocenters. The fourth-order valence-corrected chi connectivity index (χ4v) is 1.53. The van der Waals surface area contributed by atoms with E-state index in [1.165, 1.54) is 0 Å². The van der Waals surface area contributed by atoms with E-state index in [0.717, 1.165) is 11.1 Å². The molecule has 5 heteroatoms. The van der Waals surface area contributed by atoms with Crippen molar-refractivity contribution in [3.05, 3.63) is 28.3 Å². The van der Waals surface area contributed by atoms with E-state index in [2.05, 4.69) is 0 Å². The average molecular weight is 259 g/mol. The van der Waals surface area contributed by atoms with Gasteiger partial charge in [0.2, 0.25) is 0 Å². The minimum absolute atomic E-state index is 0.0120. The van der Waals surface area contributed by atoms with Crippen molar-refractivity contribution in [2.75, 3.05) is 13.7 Å². The molecule has 1 aromatic carbocycles. The van der Waals surface area contributed by atoms with Gasteiger partial charge in [0.1, 0.15) is 5.75 Å². The quantitative estimate of drug-likeness (QED) is 0.797. The van der Waals surface area contributed by atoms with E-state index in [1.807, 2.05) is 13.0 Å². The third-order valence-corrected chi connectivity index (χ3v) is 2.69. The van der Waals surface area contributed by atoms with Gasteiger partial charge in [0, 0.05) is 10.6 Å². The van der Waals surface area contributed by atoms with Crippen molar-refractivity contribution in [3.8, 4) is 5.75 Å². The Morgan fingerprint density at radius 1 is 1.47 bits per heavy atom. The Labute approximate surface area is 105 Å². The summed E-state index contributed by atoms with van der Waals surface area (Å²) in [4.78, 5) is 10.3. The second-order valence-corrected chi connectivity index (χ2v) is 4.02. The number of benzene rings is 1. The van der Waals surface area contributed by atoms with Gasteiger partial charge in [0.05, 0.1) is 26.7 Å². The van der Waals surface area contributed by atoms with Crippen molar-refractivity contribution in [2.45, 2.75) is 20.0 Å². The molecule has 0 radical (unpaired) electrons. The first kappa shape index (κ1) is 13.8. The zero-order valence-electron chi connectivity index (χ0n) is 9.83. The minimum atomic E-state index is -0.876. The molecule has 0 fully saturated rings. The lowest BCUT2D eigenvalue weighted by molar-refractivity contribution is -0.138. The van der Waals surface area contributed by atoms with Crippen LogP contribution in [0.25, 0.3) is 0 Å². The number of carboxylic acids is 1. The molecule has 0 heterocycles. The van der Waals surface area contributed by atoms with Crippen LogP contribution < -0.4 is 4.74 Å². The Hall–Kier alpha value is -1.26. The van der Waals surface area contributed by atoms with Gasteiger partial charge in [-0.1, -0.05) is 11.6 Å². The molecule has 1 aromatic rings. The largest absolute Gasteiger partial charge is 0.496 e. The number of rotatable bonds is 6. The molecule has 0 saturated heterocycles. The van der Waals surface area contributed by atoms with Crippen LogP contribution in [0.4, 0.5) is 0 Å². The van der Waals surface area contributed by atoms with Crippen molar-refractivity contribution in [2.24, 2.45) is 0 Å². The number of methoxy groups -OCH3 is 1. The SMILES string of the molecule is COc1cc(C)c(Cl)cc1COCCC(=O)O. The predicted octanol–water partition coefficient (Wildman–Crippen LogP) is 2.65. The molecule has 0 aliphatic carbocycles. The number of carboxylic acid groups (broad SMARTS) is 1. The van der Waals surface area contributed by atoms with E-state index in [1.54, 1.807) is 13.2 Å². The lowest BCUT2D eigenvalue weighted by Crippen LogP contribution is -2.03. The molecule has 0 spiro atoms. The molecular weight excluding hydrogens is 244 g/mol. The van der Waals surface area contributed by atoms with Crippen LogP contribution in [-0.2, 0) is 16.1 Å². The normalized spacial score (nSPS) is 10.3. The Balaban J connectivity index is 2.63. The molecule has 0 aliphatic heterocycles. The molecule has 0 unspecified atom stereocenters. The number of hydrogen-bond acceptors (Lipinski definition) is 3. The number of hydrogen-bond donors (Lipinski definition) is 1. The maximum Gasteiger partial charge on any atom is 0.305 e.